The van der Waals surface area contributed by atoms with Gasteiger partial charge >= 0.3 is 0 Å². The molecule has 1 heterocycles. The average molecular weight is 268 g/mol. The van der Waals surface area contributed by atoms with Crippen molar-refractivity contribution in [3.63, 3.8) is 0 Å². The third kappa shape index (κ3) is 2.73. The Morgan fingerprint density at radius 3 is 2.76 bits per heavy atom. The molecule has 2 aromatic rings. The van der Waals surface area contributed by atoms with E-state index in [-0.39, 0.29) is 0 Å². The molecule has 0 unspecified atom stereocenters. The standard InChI is InChI=1S/C13H14ClNOS/c1-9-5-11(16-2)3-4-12(9)15-13-8-17-7-10(13)6-14/h3-5,7-8,15H,6H2,1-2H3. The summed E-state index contributed by atoms with van der Waals surface area (Å²) in [7, 11) is 1.67. The van der Waals surface area contributed by atoms with Crippen molar-refractivity contribution in [2.45, 2.75) is 12.8 Å². The van der Waals surface area contributed by atoms with Gasteiger partial charge in [-0.25, -0.2) is 0 Å². The molecule has 0 aliphatic carbocycles. The molecule has 2 rings (SSSR count). The number of anilines is 2. The molecule has 0 radical (unpaired) electrons. The topological polar surface area (TPSA) is 21.3 Å². The molecule has 1 aromatic heterocycles. The molecule has 0 atom stereocenters. The number of hydrogen-bond acceptors (Lipinski definition) is 3. The van der Waals surface area contributed by atoms with Crippen LogP contribution in [0.5, 0.6) is 5.75 Å². The minimum Gasteiger partial charge on any atom is -0.497 e. The summed E-state index contributed by atoms with van der Waals surface area (Å²) < 4.78 is 5.18. The van der Waals surface area contributed by atoms with E-state index in [2.05, 4.69) is 23.0 Å². The van der Waals surface area contributed by atoms with Crippen molar-refractivity contribution >= 4 is 34.3 Å². The van der Waals surface area contributed by atoms with Gasteiger partial charge in [0.1, 0.15) is 5.75 Å². The van der Waals surface area contributed by atoms with Gasteiger partial charge < -0.3 is 10.1 Å². The third-order valence-electron chi connectivity index (χ3n) is 2.59. The van der Waals surface area contributed by atoms with Gasteiger partial charge in [-0.1, -0.05) is 0 Å². The highest BCUT2D eigenvalue weighted by molar-refractivity contribution is 7.08. The van der Waals surface area contributed by atoms with Crippen LogP contribution in [0, 0.1) is 6.92 Å². The van der Waals surface area contributed by atoms with Crippen LogP contribution in [-0.2, 0) is 5.88 Å². The summed E-state index contributed by atoms with van der Waals surface area (Å²) in [5.74, 6) is 1.40. The zero-order valence-electron chi connectivity index (χ0n) is 9.79. The Morgan fingerprint density at radius 2 is 2.12 bits per heavy atom. The van der Waals surface area contributed by atoms with Crippen LogP contribution in [0.3, 0.4) is 0 Å². The first-order valence-electron chi connectivity index (χ1n) is 5.27. The fourth-order valence-corrected chi connectivity index (χ4v) is 2.69. The van der Waals surface area contributed by atoms with Crippen molar-refractivity contribution in [2.24, 2.45) is 0 Å². The van der Waals surface area contributed by atoms with Crippen LogP contribution in [0.15, 0.2) is 29.0 Å². The maximum atomic E-state index is 5.87. The van der Waals surface area contributed by atoms with Gasteiger partial charge in [0, 0.05) is 16.6 Å². The molecule has 90 valence electrons. The van der Waals surface area contributed by atoms with Crippen LogP contribution in [-0.4, -0.2) is 7.11 Å². The summed E-state index contributed by atoms with van der Waals surface area (Å²) in [5, 5.41) is 7.53. The first-order chi connectivity index (χ1) is 8.24. The van der Waals surface area contributed by atoms with Crippen LogP contribution in [0.25, 0.3) is 0 Å². The lowest BCUT2D eigenvalue weighted by Gasteiger charge is -2.10. The van der Waals surface area contributed by atoms with Crippen molar-refractivity contribution in [3.8, 4) is 5.75 Å². The lowest BCUT2D eigenvalue weighted by atomic mass is 10.2. The van der Waals surface area contributed by atoms with Crippen molar-refractivity contribution in [2.75, 3.05) is 12.4 Å². The highest BCUT2D eigenvalue weighted by Gasteiger charge is 2.05. The Balaban J connectivity index is 2.24. The minimum atomic E-state index is 0.529. The molecule has 0 saturated heterocycles. The zero-order chi connectivity index (χ0) is 12.3. The molecular weight excluding hydrogens is 254 g/mol. The molecular formula is C13H14ClNOS. The van der Waals surface area contributed by atoms with E-state index in [0.29, 0.717) is 5.88 Å². The summed E-state index contributed by atoms with van der Waals surface area (Å²) in [5.41, 5.74) is 4.44. The maximum absolute atomic E-state index is 5.87. The molecule has 0 amide bonds. The first kappa shape index (κ1) is 12.3. The normalized spacial score (nSPS) is 10.3. The smallest absolute Gasteiger partial charge is 0.119 e. The van der Waals surface area contributed by atoms with Gasteiger partial charge in [-0.05, 0) is 36.1 Å². The van der Waals surface area contributed by atoms with Crippen molar-refractivity contribution < 1.29 is 4.74 Å². The number of methoxy groups -OCH3 is 1. The fraction of sp³-hybridized carbons (Fsp3) is 0.231. The maximum Gasteiger partial charge on any atom is 0.119 e. The number of halogens is 1. The van der Waals surface area contributed by atoms with Crippen LogP contribution >= 0.6 is 22.9 Å². The van der Waals surface area contributed by atoms with Gasteiger partial charge in [0.05, 0.1) is 18.7 Å². The number of nitrogens with one attached hydrogen (secondary N) is 1. The van der Waals surface area contributed by atoms with Crippen LogP contribution in [0.4, 0.5) is 11.4 Å². The first-order valence-corrected chi connectivity index (χ1v) is 6.75. The second-order valence-corrected chi connectivity index (χ2v) is 4.76. The van der Waals surface area contributed by atoms with E-state index in [4.69, 9.17) is 16.3 Å². The van der Waals surface area contributed by atoms with Gasteiger partial charge in [-0.3, -0.25) is 0 Å². The van der Waals surface area contributed by atoms with E-state index in [1.807, 2.05) is 18.2 Å². The van der Waals surface area contributed by atoms with E-state index in [1.165, 1.54) is 0 Å². The number of benzene rings is 1. The van der Waals surface area contributed by atoms with Crippen LogP contribution in [0.2, 0.25) is 0 Å². The van der Waals surface area contributed by atoms with Gasteiger partial charge in [-0.2, -0.15) is 0 Å². The quantitative estimate of drug-likeness (QED) is 0.821. The summed E-state index contributed by atoms with van der Waals surface area (Å²) in [4.78, 5) is 0. The van der Waals surface area contributed by atoms with E-state index >= 15 is 0 Å². The molecule has 1 aromatic carbocycles. The zero-order valence-corrected chi connectivity index (χ0v) is 11.4. The van der Waals surface area contributed by atoms with E-state index in [0.717, 1.165) is 28.3 Å². The highest BCUT2D eigenvalue weighted by atomic mass is 35.5. The molecule has 0 aliphatic rings. The average Bonchev–Trinajstić information content (AvgIpc) is 2.79. The molecule has 0 bridgehead atoms. The number of alkyl halides is 1. The van der Waals surface area contributed by atoms with E-state index in [1.54, 1.807) is 18.4 Å². The number of ether oxygens (including phenoxy) is 1. The molecule has 1 N–H and O–H groups in total. The Labute approximate surface area is 110 Å². The molecule has 4 heteroatoms. The monoisotopic (exact) mass is 267 g/mol. The number of aryl methyl sites for hydroxylation is 1. The van der Waals surface area contributed by atoms with Crippen LogP contribution in [0.1, 0.15) is 11.1 Å². The second kappa shape index (κ2) is 5.43. The Hall–Kier alpha value is -1.19. The summed E-state index contributed by atoms with van der Waals surface area (Å²) in [6, 6.07) is 5.97. The third-order valence-corrected chi connectivity index (χ3v) is 3.67. The number of rotatable bonds is 4. The van der Waals surface area contributed by atoms with E-state index < -0.39 is 0 Å². The van der Waals surface area contributed by atoms with Gasteiger partial charge in [-0.15, -0.1) is 22.9 Å². The molecule has 0 fully saturated rings. The van der Waals surface area contributed by atoms with E-state index in [9.17, 15) is 0 Å². The SMILES string of the molecule is COc1ccc(Nc2cscc2CCl)c(C)c1. The second-order valence-electron chi connectivity index (χ2n) is 3.75. The summed E-state index contributed by atoms with van der Waals surface area (Å²) in [6.45, 7) is 2.05. The van der Waals surface area contributed by atoms with Gasteiger partial charge in [0.2, 0.25) is 0 Å². The fourth-order valence-electron chi connectivity index (χ4n) is 1.59. The van der Waals surface area contributed by atoms with Gasteiger partial charge in [0.25, 0.3) is 0 Å². The largest absolute Gasteiger partial charge is 0.497 e. The predicted octanol–water partition coefficient (Wildman–Crippen LogP) is 4.55. The number of thiophene rings is 1. The molecule has 0 spiro atoms. The Kier molecular flexibility index (Phi) is 3.92. The number of hydrogen-bond donors (Lipinski definition) is 1. The van der Waals surface area contributed by atoms with Crippen molar-refractivity contribution in [1.82, 2.24) is 0 Å². The Bertz CT molecular complexity index is 510. The van der Waals surface area contributed by atoms with Gasteiger partial charge in [0.15, 0.2) is 0 Å². The van der Waals surface area contributed by atoms with Crippen molar-refractivity contribution in [3.05, 3.63) is 40.1 Å². The lowest BCUT2D eigenvalue weighted by Crippen LogP contribution is -1.94. The molecule has 0 aliphatic heterocycles. The summed E-state index contributed by atoms with van der Waals surface area (Å²) >= 11 is 7.53. The Morgan fingerprint density at radius 1 is 1.29 bits per heavy atom. The van der Waals surface area contributed by atoms with Crippen molar-refractivity contribution in [1.29, 1.82) is 0 Å². The molecule has 17 heavy (non-hydrogen) atoms. The molecule has 0 saturated carbocycles. The lowest BCUT2D eigenvalue weighted by molar-refractivity contribution is 0.414. The predicted molar refractivity (Wildman–Crippen MR) is 74.9 cm³/mol. The van der Waals surface area contributed by atoms with Crippen LogP contribution < -0.4 is 10.1 Å². The molecule has 2 nitrogen and oxygen atoms in total. The minimum absolute atomic E-state index is 0.529. The summed E-state index contributed by atoms with van der Waals surface area (Å²) in [6.07, 6.45) is 0. The highest BCUT2D eigenvalue weighted by Crippen LogP contribution is 2.29.